The third-order valence-electron chi connectivity index (χ3n) is 5.56. The number of urea groups is 1. The highest BCUT2D eigenvalue weighted by atomic mass is 16.5. The van der Waals surface area contributed by atoms with Gasteiger partial charge in [-0.05, 0) is 24.3 Å². The van der Waals surface area contributed by atoms with Gasteiger partial charge in [0.1, 0.15) is 13.2 Å². The Kier molecular flexibility index (Phi) is 4.59. The van der Waals surface area contributed by atoms with Crippen molar-refractivity contribution in [3.05, 3.63) is 47.2 Å². The Bertz CT molecular complexity index is 797. The fourth-order valence-electron chi connectivity index (χ4n) is 3.87. The summed E-state index contributed by atoms with van der Waals surface area (Å²) in [5.41, 5.74) is 1.73. The summed E-state index contributed by atoms with van der Waals surface area (Å²) in [4.78, 5) is 40.9. The number of amides is 3. The Morgan fingerprint density at radius 1 is 1.19 bits per heavy atom. The summed E-state index contributed by atoms with van der Waals surface area (Å²) in [6, 6.07) is 8.38. The van der Waals surface area contributed by atoms with Crippen molar-refractivity contribution in [3.8, 4) is 0 Å². The summed E-state index contributed by atoms with van der Waals surface area (Å²) in [5.74, 6) is 0.0821. The zero-order valence-electron chi connectivity index (χ0n) is 15.3. The number of carbonyl (C=O) groups excluding carboxylic acids is 3. The van der Waals surface area contributed by atoms with E-state index >= 15 is 0 Å². The van der Waals surface area contributed by atoms with Gasteiger partial charge in [0.25, 0.3) is 0 Å². The molecule has 0 radical (unpaired) electrons. The molecule has 0 unspecified atom stereocenters. The molecule has 1 aromatic carbocycles. The van der Waals surface area contributed by atoms with Crippen LogP contribution in [0.5, 0.6) is 0 Å². The van der Waals surface area contributed by atoms with Crippen LogP contribution >= 0.6 is 0 Å². The number of carbonyl (C=O) groups is 3. The summed E-state index contributed by atoms with van der Waals surface area (Å²) in [7, 11) is 0. The maximum absolute atomic E-state index is 12.7. The van der Waals surface area contributed by atoms with E-state index in [0.717, 1.165) is 18.4 Å². The van der Waals surface area contributed by atoms with Gasteiger partial charge >= 0.3 is 12.0 Å². The molecule has 0 bridgehead atoms. The Balaban J connectivity index is 1.58. The SMILES string of the molecule is CC1CCN(C(=O)CN2C(=O)N[C@H](c3ccccc3)C3=C2COC3=O)CC1. The molecule has 0 aromatic heterocycles. The molecule has 1 fully saturated rings. The van der Waals surface area contributed by atoms with Gasteiger partial charge < -0.3 is 15.0 Å². The molecule has 7 nitrogen and oxygen atoms in total. The molecule has 0 spiro atoms. The van der Waals surface area contributed by atoms with E-state index in [9.17, 15) is 14.4 Å². The molecule has 0 saturated carbocycles. The molecule has 3 aliphatic heterocycles. The number of cyclic esters (lactones) is 1. The van der Waals surface area contributed by atoms with Crippen molar-refractivity contribution in [1.82, 2.24) is 15.1 Å². The minimum absolute atomic E-state index is 0.0230. The van der Waals surface area contributed by atoms with Crippen molar-refractivity contribution >= 4 is 17.9 Å². The van der Waals surface area contributed by atoms with E-state index < -0.39 is 12.0 Å². The van der Waals surface area contributed by atoms with Crippen molar-refractivity contribution in [2.24, 2.45) is 5.92 Å². The maximum Gasteiger partial charge on any atom is 0.338 e. The van der Waals surface area contributed by atoms with Crippen LogP contribution in [0.4, 0.5) is 4.79 Å². The molecule has 142 valence electrons. The summed E-state index contributed by atoms with van der Waals surface area (Å²) in [6.45, 7) is 3.56. The summed E-state index contributed by atoms with van der Waals surface area (Å²) in [6.07, 6.45) is 1.95. The average Bonchev–Trinajstić information content (AvgIpc) is 3.06. The third kappa shape index (κ3) is 3.29. The highest BCUT2D eigenvalue weighted by molar-refractivity contribution is 5.98. The number of benzene rings is 1. The largest absolute Gasteiger partial charge is 0.456 e. The van der Waals surface area contributed by atoms with Gasteiger partial charge in [-0.25, -0.2) is 9.59 Å². The van der Waals surface area contributed by atoms with Crippen molar-refractivity contribution in [1.29, 1.82) is 0 Å². The van der Waals surface area contributed by atoms with Gasteiger partial charge in [0.15, 0.2) is 0 Å². The Hall–Kier alpha value is -2.83. The topological polar surface area (TPSA) is 79.0 Å². The molecule has 4 rings (SSSR count). The van der Waals surface area contributed by atoms with Crippen LogP contribution in [0.25, 0.3) is 0 Å². The zero-order chi connectivity index (χ0) is 19.0. The number of rotatable bonds is 3. The predicted molar refractivity (Wildman–Crippen MR) is 97.4 cm³/mol. The van der Waals surface area contributed by atoms with E-state index in [0.29, 0.717) is 30.3 Å². The van der Waals surface area contributed by atoms with E-state index in [-0.39, 0.29) is 25.1 Å². The molecule has 3 heterocycles. The molecule has 3 amide bonds. The monoisotopic (exact) mass is 369 g/mol. The first-order valence-electron chi connectivity index (χ1n) is 9.35. The van der Waals surface area contributed by atoms with E-state index in [1.54, 1.807) is 4.90 Å². The molecule has 0 aliphatic carbocycles. The second-order valence-corrected chi connectivity index (χ2v) is 7.38. The van der Waals surface area contributed by atoms with E-state index in [2.05, 4.69) is 12.2 Å². The third-order valence-corrected chi connectivity index (χ3v) is 5.56. The summed E-state index contributed by atoms with van der Waals surface area (Å²) >= 11 is 0. The van der Waals surface area contributed by atoms with Crippen LogP contribution in [0.2, 0.25) is 0 Å². The van der Waals surface area contributed by atoms with Crippen molar-refractivity contribution in [2.45, 2.75) is 25.8 Å². The second kappa shape index (κ2) is 7.06. The lowest BCUT2D eigenvalue weighted by atomic mass is 9.95. The van der Waals surface area contributed by atoms with Crippen molar-refractivity contribution in [3.63, 3.8) is 0 Å². The van der Waals surface area contributed by atoms with Crippen LogP contribution in [0.3, 0.4) is 0 Å². The molecule has 7 heteroatoms. The number of nitrogens with zero attached hydrogens (tertiary/aromatic N) is 2. The highest BCUT2D eigenvalue weighted by Crippen LogP contribution is 2.35. The quantitative estimate of drug-likeness (QED) is 0.825. The minimum atomic E-state index is -0.550. The number of piperidine rings is 1. The van der Waals surface area contributed by atoms with Crippen LogP contribution in [0, 0.1) is 5.92 Å². The zero-order valence-corrected chi connectivity index (χ0v) is 15.3. The molecule has 27 heavy (non-hydrogen) atoms. The molecule has 1 N–H and O–H groups in total. The molecule has 1 aromatic rings. The van der Waals surface area contributed by atoms with Crippen molar-refractivity contribution < 1.29 is 19.1 Å². The highest BCUT2D eigenvalue weighted by Gasteiger charge is 2.43. The fourth-order valence-corrected chi connectivity index (χ4v) is 3.87. The van der Waals surface area contributed by atoms with Gasteiger partial charge in [-0.2, -0.15) is 0 Å². The standard InChI is InChI=1S/C20H23N3O4/c1-13-7-9-22(10-8-13)16(24)11-23-15-12-27-19(25)17(15)18(21-20(23)26)14-5-3-2-4-6-14/h2-6,13,18H,7-12H2,1H3,(H,21,26)/t18-/m1/s1. The van der Waals surface area contributed by atoms with E-state index in [1.807, 2.05) is 30.3 Å². The minimum Gasteiger partial charge on any atom is -0.456 e. The average molecular weight is 369 g/mol. The van der Waals surface area contributed by atoms with Gasteiger partial charge in [-0.15, -0.1) is 0 Å². The summed E-state index contributed by atoms with van der Waals surface area (Å²) < 4.78 is 5.20. The maximum atomic E-state index is 12.7. The van der Waals surface area contributed by atoms with Crippen LogP contribution in [0.15, 0.2) is 41.6 Å². The number of nitrogens with one attached hydrogen (secondary N) is 1. The van der Waals surface area contributed by atoms with Crippen LogP contribution < -0.4 is 5.32 Å². The van der Waals surface area contributed by atoms with Gasteiger partial charge in [0.05, 0.1) is 17.3 Å². The normalized spacial score (nSPS) is 23.2. The molecule has 3 aliphatic rings. The Morgan fingerprint density at radius 3 is 2.59 bits per heavy atom. The number of hydrogen-bond donors (Lipinski definition) is 1. The van der Waals surface area contributed by atoms with E-state index in [1.165, 1.54) is 4.90 Å². The lowest BCUT2D eigenvalue weighted by Gasteiger charge is -2.35. The lowest BCUT2D eigenvalue weighted by Crippen LogP contribution is -2.51. The van der Waals surface area contributed by atoms with E-state index in [4.69, 9.17) is 4.74 Å². The van der Waals surface area contributed by atoms with Gasteiger partial charge in [0.2, 0.25) is 5.91 Å². The predicted octanol–water partition coefficient (Wildman–Crippen LogP) is 1.82. The first kappa shape index (κ1) is 17.6. The van der Waals surface area contributed by atoms with Crippen LogP contribution in [-0.2, 0) is 14.3 Å². The first-order valence-corrected chi connectivity index (χ1v) is 9.35. The first-order chi connectivity index (χ1) is 13.0. The summed E-state index contributed by atoms with van der Waals surface area (Å²) in [5, 5.41) is 2.86. The molecule has 1 atom stereocenters. The number of ether oxygens (including phenoxy) is 1. The smallest absolute Gasteiger partial charge is 0.338 e. The van der Waals surface area contributed by atoms with Crippen LogP contribution in [0.1, 0.15) is 31.4 Å². The Labute approximate surface area is 158 Å². The second-order valence-electron chi connectivity index (χ2n) is 7.38. The Morgan fingerprint density at radius 2 is 1.89 bits per heavy atom. The number of esters is 1. The fraction of sp³-hybridized carbons (Fsp3) is 0.450. The molecular weight excluding hydrogens is 346 g/mol. The molecular formula is C20H23N3O4. The van der Waals surface area contributed by atoms with Crippen LogP contribution in [-0.4, -0.2) is 53.9 Å². The number of hydrogen-bond acceptors (Lipinski definition) is 4. The van der Waals surface area contributed by atoms with Gasteiger partial charge in [-0.1, -0.05) is 37.3 Å². The van der Waals surface area contributed by atoms with Gasteiger partial charge in [0, 0.05) is 13.1 Å². The number of likely N-dealkylation sites (tertiary alicyclic amines) is 1. The van der Waals surface area contributed by atoms with Crippen molar-refractivity contribution in [2.75, 3.05) is 26.2 Å². The van der Waals surface area contributed by atoms with Gasteiger partial charge in [-0.3, -0.25) is 9.69 Å². The lowest BCUT2D eigenvalue weighted by molar-refractivity contribution is -0.136. The molecule has 1 saturated heterocycles.